The van der Waals surface area contributed by atoms with Crippen LogP contribution in [-0.2, 0) is 0 Å². The normalized spacial score (nSPS) is 11.0. The summed E-state index contributed by atoms with van der Waals surface area (Å²) >= 11 is 3.16. The van der Waals surface area contributed by atoms with Crippen molar-refractivity contribution in [1.82, 2.24) is 0 Å². The largest absolute Gasteiger partial charge is 0.506 e. The molecule has 0 unspecified atom stereocenters. The molecule has 0 aliphatic heterocycles. The summed E-state index contributed by atoms with van der Waals surface area (Å²) in [6, 6.07) is 9.14. The minimum atomic E-state index is -0.500. The van der Waals surface area contributed by atoms with Crippen molar-refractivity contribution in [3.8, 4) is 22.6 Å². The molecule has 2 N–H and O–H groups in total. The van der Waals surface area contributed by atoms with Crippen LogP contribution in [0, 0.1) is 13.8 Å². The van der Waals surface area contributed by atoms with Crippen molar-refractivity contribution < 1.29 is 14.6 Å². The molecular weight excluding hydrogens is 348 g/mol. The molecule has 22 heavy (non-hydrogen) atoms. The van der Waals surface area contributed by atoms with Gasteiger partial charge in [0.25, 0.3) is 0 Å². The second-order valence-electron chi connectivity index (χ2n) is 5.10. The Hall–Kier alpha value is -2.27. The molecule has 0 fully saturated rings. The van der Waals surface area contributed by atoms with Crippen molar-refractivity contribution in [3.63, 3.8) is 0 Å². The summed E-state index contributed by atoms with van der Waals surface area (Å²) in [5.41, 5.74) is 1.83. The van der Waals surface area contributed by atoms with Crippen molar-refractivity contribution >= 4 is 26.9 Å². The van der Waals surface area contributed by atoms with Crippen molar-refractivity contribution in [3.05, 3.63) is 56.4 Å². The second-order valence-corrected chi connectivity index (χ2v) is 5.89. The van der Waals surface area contributed by atoms with Gasteiger partial charge in [0.1, 0.15) is 21.6 Å². The van der Waals surface area contributed by atoms with E-state index >= 15 is 0 Å². The molecule has 1 aromatic heterocycles. The summed E-state index contributed by atoms with van der Waals surface area (Å²) in [4.78, 5) is 12.4. The van der Waals surface area contributed by atoms with E-state index in [4.69, 9.17) is 4.42 Å². The molecule has 0 aliphatic rings. The van der Waals surface area contributed by atoms with E-state index in [0.717, 1.165) is 5.56 Å². The Morgan fingerprint density at radius 3 is 2.27 bits per heavy atom. The van der Waals surface area contributed by atoms with Crippen molar-refractivity contribution in [2.75, 3.05) is 0 Å². The zero-order valence-electron chi connectivity index (χ0n) is 12.0. The maximum absolute atomic E-state index is 12.4. The quantitative estimate of drug-likeness (QED) is 0.636. The lowest BCUT2D eigenvalue weighted by molar-refractivity contribution is 0.442. The first-order valence-electron chi connectivity index (χ1n) is 6.66. The number of rotatable bonds is 1. The Labute approximate surface area is 134 Å². The van der Waals surface area contributed by atoms with E-state index in [1.165, 1.54) is 0 Å². The summed E-state index contributed by atoms with van der Waals surface area (Å²) in [6.45, 7) is 3.39. The Morgan fingerprint density at radius 1 is 1.00 bits per heavy atom. The van der Waals surface area contributed by atoms with Gasteiger partial charge in [0, 0.05) is 5.56 Å². The van der Waals surface area contributed by atoms with Crippen molar-refractivity contribution in [1.29, 1.82) is 0 Å². The van der Waals surface area contributed by atoms with E-state index in [-0.39, 0.29) is 21.6 Å². The van der Waals surface area contributed by atoms with Gasteiger partial charge in [-0.1, -0.05) is 30.3 Å². The number of phenolic OH excluding ortho intramolecular Hbond substituents is 2. The number of hydrogen-bond donors (Lipinski definition) is 2. The van der Waals surface area contributed by atoms with Crippen LogP contribution in [0.4, 0.5) is 0 Å². The lowest BCUT2D eigenvalue weighted by Gasteiger charge is -2.13. The minimum absolute atomic E-state index is 0.139. The first kappa shape index (κ1) is 14.7. The molecule has 4 nitrogen and oxygen atoms in total. The molecule has 2 aromatic carbocycles. The molecule has 3 aromatic rings. The van der Waals surface area contributed by atoms with Gasteiger partial charge in [-0.05, 0) is 40.9 Å². The fourth-order valence-electron chi connectivity index (χ4n) is 2.63. The van der Waals surface area contributed by atoms with E-state index in [2.05, 4.69) is 15.9 Å². The fraction of sp³-hybridized carbons (Fsp3) is 0.118. The van der Waals surface area contributed by atoms with Crippen LogP contribution in [-0.4, -0.2) is 10.2 Å². The van der Waals surface area contributed by atoms with Gasteiger partial charge in [0.2, 0.25) is 0 Å². The average molecular weight is 361 g/mol. The predicted molar refractivity (Wildman–Crippen MR) is 88.4 cm³/mol. The number of fused-ring (bicyclic) bond motifs is 1. The summed E-state index contributed by atoms with van der Waals surface area (Å²) in [5, 5.41) is 20.7. The third-order valence-corrected chi connectivity index (χ3v) is 4.54. The van der Waals surface area contributed by atoms with E-state index in [1.807, 2.05) is 30.3 Å². The molecule has 112 valence electrons. The monoisotopic (exact) mass is 360 g/mol. The molecule has 1 heterocycles. The van der Waals surface area contributed by atoms with Gasteiger partial charge >= 0.3 is 5.63 Å². The minimum Gasteiger partial charge on any atom is -0.506 e. The average Bonchev–Trinajstić information content (AvgIpc) is 2.51. The Balaban J connectivity index is 2.52. The van der Waals surface area contributed by atoms with E-state index in [9.17, 15) is 15.0 Å². The second kappa shape index (κ2) is 5.18. The standard InChI is InChI=1S/C17H13BrO4/c1-8-11(10-6-4-3-5-7-10)17(21)22-16-9(2)14(19)13(18)15(20)12(8)16/h3-7,19-20H,1-2H3. The van der Waals surface area contributed by atoms with Crippen LogP contribution in [0.5, 0.6) is 11.5 Å². The zero-order chi connectivity index (χ0) is 16.0. The molecular formula is C17H13BrO4. The zero-order valence-corrected chi connectivity index (χ0v) is 13.6. The summed E-state index contributed by atoms with van der Waals surface area (Å²) in [7, 11) is 0. The number of benzene rings is 2. The predicted octanol–water partition coefficient (Wildman–Crippen LogP) is 4.25. The van der Waals surface area contributed by atoms with E-state index in [1.54, 1.807) is 13.8 Å². The molecule has 3 rings (SSSR count). The molecule has 0 spiro atoms. The van der Waals surface area contributed by atoms with Gasteiger partial charge in [-0.15, -0.1) is 0 Å². The van der Waals surface area contributed by atoms with Crippen LogP contribution >= 0.6 is 15.9 Å². The SMILES string of the molecule is Cc1c(O)c(Br)c(O)c2c(C)c(-c3ccccc3)c(=O)oc12. The Kier molecular flexibility index (Phi) is 3.45. The van der Waals surface area contributed by atoms with Gasteiger partial charge in [-0.3, -0.25) is 0 Å². The molecule has 0 saturated heterocycles. The molecule has 0 radical (unpaired) electrons. The number of phenols is 2. The van der Waals surface area contributed by atoms with E-state index < -0.39 is 5.63 Å². The van der Waals surface area contributed by atoms with E-state index in [0.29, 0.717) is 22.1 Å². The molecule has 0 bridgehead atoms. The summed E-state index contributed by atoms with van der Waals surface area (Å²) in [6.07, 6.45) is 0. The molecule has 0 amide bonds. The third kappa shape index (κ3) is 2.01. The van der Waals surface area contributed by atoms with Gasteiger partial charge in [-0.2, -0.15) is 0 Å². The van der Waals surface area contributed by atoms with Gasteiger partial charge < -0.3 is 14.6 Å². The molecule has 0 aliphatic carbocycles. The number of aryl methyl sites for hydroxylation is 2. The van der Waals surface area contributed by atoms with Crippen LogP contribution in [0.25, 0.3) is 22.1 Å². The van der Waals surface area contributed by atoms with Crippen LogP contribution in [0.2, 0.25) is 0 Å². The maximum atomic E-state index is 12.4. The number of hydrogen-bond acceptors (Lipinski definition) is 4. The first-order valence-corrected chi connectivity index (χ1v) is 7.45. The first-order chi connectivity index (χ1) is 10.4. The topological polar surface area (TPSA) is 70.7 Å². The molecule has 0 atom stereocenters. The van der Waals surface area contributed by atoms with Gasteiger partial charge in [0.05, 0.1) is 10.9 Å². The summed E-state index contributed by atoms with van der Waals surface area (Å²) < 4.78 is 5.57. The van der Waals surface area contributed by atoms with Crippen LogP contribution < -0.4 is 5.63 Å². The maximum Gasteiger partial charge on any atom is 0.344 e. The Morgan fingerprint density at radius 2 is 1.64 bits per heavy atom. The van der Waals surface area contributed by atoms with Gasteiger partial charge in [0.15, 0.2) is 0 Å². The third-order valence-electron chi connectivity index (χ3n) is 3.79. The molecule has 0 saturated carbocycles. The van der Waals surface area contributed by atoms with Gasteiger partial charge in [-0.25, -0.2) is 4.79 Å². The molecule has 5 heteroatoms. The highest BCUT2D eigenvalue weighted by Gasteiger charge is 2.22. The highest BCUT2D eigenvalue weighted by atomic mass is 79.9. The van der Waals surface area contributed by atoms with Crippen molar-refractivity contribution in [2.24, 2.45) is 0 Å². The number of halogens is 1. The summed E-state index contributed by atoms with van der Waals surface area (Å²) in [5.74, 6) is -0.281. The van der Waals surface area contributed by atoms with Crippen LogP contribution in [0.3, 0.4) is 0 Å². The fourth-order valence-corrected chi connectivity index (χ4v) is 3.12. The van der Waals surface area contributed by atoms with Crippen LogP contribution in [0.1, 0.15) is 11.1 Å². The van der Waals surface area contributed by atoms with Crippen molar-refractivity contribution in [2.45, 2.75) is 13.8 Å². The highest BCUT2D eigenvalue weighted by Crippen LogP contribution is 2.44. The highest BCUT2D eigenvalue weighted by molar-refractivity contribution is 9.10. The lowest BCUT2D eigenvalue weighted by Crippen LogP contribution is -2.07. The van der Waals surface area contributed by atoms with Crippen LogP contribution in [0.15, 0.2) is 44.0 Å². The lowest BCUT2D eigenvalue weighted by atomic mass is 9.97. The number of aromatic hydroxyl groups is 2. The smallest absolute Gasteiger partial charge is 0.344 e. The Bertz CT molecular complexity index is 943.